The van der Waals surface area contributed by atoms with Crippen LogP contribution in [0.15, 0.2) is 5.38 Å². The van der Waals surface area contributed by atoms with Gasteiger partial charge in [-0.3, -0.25) is 0 Å². The summed E-state index contributed by atoms with van der Waals surface area (Å²) in [5, 5.41) is 10.7. The van der Waals surface area contributed by atoms with Gasteiger partial charge in [-0.15, -0.1) is 11.3 Å². The minimum Gasteiger partial charge on any atom is -0.490 e. The summed E-state index contributed by atoms with van der Waals surface area (Å²) in [4.78, 5) is 10.8. The van der Waals surface area contributed by atoms with E-state index in [0.29, 0.717) is 17.4 Å². The number of carboxylic acids is 1. The van der Waals surface area contributed by atoms with Gasteiger partial charge < -0.3 is 9.84 Å². The largest absolute Gasteiger partial charge is 0.490 e. The van der Waals surface area contributed by atoms with Crippen molar-refractivity contribution < 1.29 is 14.6 Å². The Labute approximate surface area is 84.9 Å². The molecular weight excluding hydrogens is 212 g/mol. The number of hydrogen-bond donors (Lipinski definition) is 1. The molecule has 13 heavy (non-hydrogen) atoms. The highest BCUT2D eigenvalue weighted by Crippen LogP contribution is 2.34. The molecule has 0 saturated carbocycles. The molecule has 0 fully saturated rings. The molecule has 1 heterocycles. The first-order valence-corrected chi connectivity index (χ1v) is 5.05. The summed E-state index contributed by atoms with van der Waals surface area (Å²) in [7, 11) is 0. The molecule has 0 aliphatic rings. The fraction of sp³-hybridized carbons (Fsp3) is 0.375. The van der Waals surface area contributed by atoms with E-state index in [4.69, 9.17) is 21.4 Å². The Morgan fingerprint density at radius 1 is 1.77 bits per heavy atom. The molecule has 0 atom stereocenters. The number of hydrogen-bond acceptors (Lipinski definition) is 3. The van der Waals surface area contributed by atoms with E-state index in [1.165, 1.54) is 0 Å². The number of carbonyl (C=O) groups is 1. The minimum atomic E-state index is -0.997. The van der Waals surface area contributed by atoms with Gasteiger partial charge in [-0.1, -0.05) is 18.5 Å². The summed E-state index contributed by atoms with van der Waals surface area (Å²) in [6.45, 7) is 2.43. The van der Waals surface area contributed by atoms with Crippen LogP contribution in [0.5, 0.6) is 5.75 Å². The molecule has 72 valence electrons. The van der Waals surface area contributed by atoms with Crippen molar-refractivity contribution in [2.24, 2.45) is 0 Å². The van der Waals surface area contributed by atoms with Crippen LogP contribution in [-0.4, -0.2) is 17.7 Å². The zero-order chi connectivity index (χ0) is 9.84. The lowest BCUT2D eigenvalue weighted by Gasteiger charge is -2.03. The van der Waals surface area contributed by atoms with Crippen LogP contribution in [-0.2, 0) is 0 Å². The van der Waals surface area contributed by atoms with E-state index in [0.717, 1.165) is 17.8 Å². The fourth-order valence-electron chi connectivity index (χ4n) is 0.812. The Bertz CT molecular complexity index is 308. The van der Waals surface area contributed by atoms with Gasteiger partial charge in [0.1, 0.15) is 0 Å². The number of thiophene rings is 1. The molecule has 5 heteroatoms. The molecular formula is C8H9ClO3S. The van der Waals surface area contributed by atoms with Crippen molar-refractivity contribution >= 4 is 28.9 Å². The van der Waals surface area contributed by atoms with Gasteiger partial charge in [-0.2, -0.15) is 0 Å². The van der Waals surface area contributed by atoms with E-state index in [2.05, 4.69) is 0 Å². The summed E-state index contributed by atoms with van der Waals surface area (Å²) >= 11 is 6.83. The Kier molecular flexibility index (Phi) is 3.57. The van der Waals surface area contributed by atoms with Crippen LogP contribution < -0.4 is 4.74 Å². The SMILES string of the molecule is CCCOc1c(Cl)csc1C(=O)O. The monoisotopic (exact) mass is 220 g/mol. The van der Waals surface area contributed by atoms with Crippen molar-refractivity contribution in [3.8, 4) is 5.75 Å². The van der Waals surface area contributed by atoms with Gasteiger partial charge in [0, 0.05) is 5.38 Å². The van der Waals surface area contributed by atoms with Crippen LogP contribution in [0.2, 0.25) is 5.02 Å². The van der Waals surface area contributed by atoms with Gasteiger partial charge in [-0.05, 0) is 6.42 Å². The smallest absolute Gasteiger partial charge is 0.349 e. The van der Waals surface area contributed by atoms with Crippen molar-refractivity contribution in [2.45, 2.75) is 13.3 Å². The van der Waals surface area contributed by atoms with Crippen molar-refractivity contribution in [1.82, 2.24) is 0 Å². The van der Waals surface area contributed by atoms with Crippen LogP contribution in [0.4, 0.5) is 0 Å². The molecule has 1 rings (SSSR count). The predicted octanol–water partition coefficient (Wildman–Crippen LogP) is 2.89. The summed E-state index contributed by atoms with van der Waals surface area (Å²) in [5.41, 5.74) is 0. The summed E-state index contributed by atoms with van der Waals surface area (Å²) in [6, 6.07) is 0. The Morgan fingerprint density at radius 2 is 2.46 bits per heavy atom. The van der Waals surface area contributed by atoms with E-state index < -0.39 is 5.97 Å². The van der Waals surface area contributed by atoms with E-state index in [9.17, 15) is 4.79 Å². The molecule has 0 bridgehead atoms. The number of ether oxygens (including phenoxy) is 1. The molecule has 1 aromatic rings. The summed E-state index contributed by atoms with van der Waals surface area (Å²) in [6.07, 6.45) is 0.825. The quantitative estimate of drug-likeness (QED) is 0.849. The molecule has 0 amide bonds. The first-order chi connectivity index (χ1) is 6.16. The summed E-state index contributed by atoms with van der Waals surface area (Å²) < 4.78 is 5.22. The molecule has 0 aromatic carbocycles. The Balaban J connectivity index is 2.88. The molecule has 0 aliphatic carbocycles. The lowest BCUT2D eigenvalue weighted by Crippen LogP contribution is -2.00. The minimum absolute atomic E-state index is 0.165. The maximum absolute atomic E-state index is 10.7. The van der Waals surface area contributed by atoms with E-state index in [-0.39, 0.29) is 4.88 Å². The van der Waals surface area contributed by atoms with Crippen LogP contribution in [0.25, 0.3) is 0 Å². The number of aromatic carboxylic acids is 1. The second-order valence-electron chi connectivity index (χ2n) is 2.40. The molecule has 1 N–H and O–H groups in total. The zero-order valence-electron chi connectivity index (χ0n) is 7.04. The third-order valence-corrected chi connectivity index (χ3v) is 2.71. The Hall–Kier alpha value is -0.740. The van der Waals surface area contributed by atoms with Crippen LogP contribution in [0.1, 0.15) is 23.0 Å². The number of rotatable bonds is 4. The van der Waals surface area contributed by atoms with Gasteiger partial charge in [0.05, 0.1) is 11.6 Å². The van der Waals surface area contributed by atoms with Gasteiger partial charge >= 0.3 is 5.97 Å². The average molecular weight is 221 g/mol. The lowest BCUT2D eigenvalue weighted by molar-refractivity contribution is 0.0698. The molecule has 0 aliphatic heterocycles. The van der Waals surface area contributed by atoms with Crippen molar-refractivity contribution in [1.29, 1.82) is 0 Å². The molecule has 0 saturated heterocycles. The van der Waals surface area contributed by atoms with Gasteiger partial charge in [0.25, 0.3) is 0 Å². The normalized spacial score (nSPS) is 10.0. The number of carboxylic acid groups (broad SMARTS) is 1. The first kappa shape index (κ1) is 10.3. The molecule has 0 unspecified atom stereocenters. The zero-order valence-corrected chi connectivity index (χ0v) is 8.61. The highest BCUT2D eigenvalue weighted by atomic mass is 35.5. The third-order valence-electron chi connectivity index (χ3n) is 1.35. The second-order valence-corrected chi connectivity index (χ2v) is 3.68. The average Bonchev–Trinajstić information content (AvgIpc) is 2.43. The maximum atomic E-state index is 10.7. The van der Waals surface area contributed by atoms with E-state index in [1.807, 2.05) is 6.92 Å². The highest BCUT2D eigenvalue weighted by Gasteiger charge is 2.17. The topological polar surface area (TPSA) is 46.5 Å². The standard InChI is InChI=1S/C8H9ClO3S/c1-2-3-12-6-5(9)4-13-7(6)8(10)11/h4H,2-3H2,1H3,(H,10,11). The molecule has 0 spiro atoms. The summed E-state index contributed by atoms with van der Waals surface area (Å²) in [5.74, 6) is -0.705. The second kappa shape index (κ2) is 4.48. The van der Waals surface area contributed by atoms with Crippen molar-refractivity contribution in [2.75, 3.05) is 6.61 Å². The van der Waals surface area contributed by atoms with Crippen LogP contribution in [0.3, 0.4) is 0 Å². The lowest BCUT2D eigenvalue weighted by atomic mass is 10.4. The highest BCUT2D eigenvalue weighted by molar-refractivity contribution is 7.13. The Morgan fingerprint density at radius 3 is 3.00 bits per heavy atom. The third kappa shape index (κ3) is 2.35. The van der Waals surface area contributed by atoms with Crippen LogP contribution >= 0.6 is 22.9 Å². The van der Waals surface area contributed by atoms with Crippen molar-refractivity contribution in [3.05, 3.63) is 15.3 Å². The fourth-order valence-corrected chi connectivity index (χ4v) is 1.86. The van der Waals surface area contributed by atoms with Crippen molar-refractivity contribution in [3.63, 3.8) is 0 Å². The molecule has 3 nitrogen and oxygen atoms in total. The molecule has 1 aromatic heterocycles. The van der Waals surface area contributed by atoms with E-state index in [1.54, 1.807) is 5.38 Å². The predicted molar refractivity (Wildman–Crippen MR) is 52.1 cm³/mol. The van der Waals surface area contributed by atoms with Crippen LogP contribution in [0, 0.1) is 0 Å². The molecule has 0 radical (unpaired) electrons. The van der Waals surface area contributed by atoms with Gasteiger partial charge in [0.2, 0.25) is 0 Å². The first-order valence-electron chi connectivity index (χ1n) is 3.80. The maximum Gasteiger partial charge on any atom is 0.349 e. The van der Waals surface area contributed by atoms with Gasteiger partial charge in [-0.25, -0.2) is 4.79 Å². The van der Waals surface area contributed by atoms with Gasteiger partial charge in [0.15, 0.2) is 10.6 Å². The van der Waals surface area contributed by atoms with E-state index >= 15 is 0 Å². The number of halogens is 1.